The van der Waals surface area contributed by atoms with E-state index in [2.05, 4.69) is 42.9 Å². The van der Waals surface area contributed by atoms with Crippen LogP contribution in [0.25, 0.3) is 10.9 Å². The highest BCUT2D eigenvalue weighted by molar-refractivity contribution is 5.92. The second-order valence-corrected chi connectivity index (χ2v) is 8.67. The molecule has 5 rings (SSSR count). The number of anilines is 2. The SMILES string of the molecule is O=C(C1CCCN(c2ncnc3cc(N4CCOCC4)ccc23)C1)N1CCCCC1. The average Bonchev–Trinajstić information content (AvgIpc) is 2.84. The molecule has 0 aliphatic carbocycles. The normalized spacial score (nSPS) is 23.1. The first-order valence-electron chi connectivity index (χ1n) is 11.4. The number of morpholine rings is 1. The summed E-state index contributed by atoms with van der Waals surface area (Å²) >= 11 is 0. The van der Waals surface area contributed by atoms with Crippen LogP contribution in [0.3, 0.4) is 0 Å². The van der Waals surface area contributed by atoms with Crippen molar-refractivity contribution in [3.63, 3.8) is 0 Å². The summed E-state index contributed by atoms with van der Waals surface area (Å²) in [6.45, 7) is 6.92. The molecular weight excluding hydrogens is 378 g/mol. The van der Waals surface area contributed by atoms with Gasteiger partial charge in [0.1, 0.15) is 12.1 Å². The van der Waals surface area contributed by atoms with Crippen molar-refractivity contribution in [2.75, 3.05) is 62.3 Å². The Labute approximate surface area is 178 Å². The number of carbonyl (C=O) groups is 1. The molecule has 0 saturated carbocycles. The topological polar surface area (TPSA) is 61.8 Å². The number of amides is 1. The summed E-state index contributed by atoms with van der Waals surface area (Å²) in [6, 6.07) is 6.47. The maximum absolute atomic E-state index is 13.1. The minimum absolute atomic E-state index is 0.0782. The van der Waals surface area contributed by atoms with E-state index < -0.39 is 0 Å². The van der Waals surface area contributed by atoms with Gasteiger partial charge in [-0.15, -0.1) is 0 Å². The third kappa shape index (κ3) is 3.95. The number of piperidine rings is 2. The second-order valence-electron chi connectivity index (χ2n) is 8.67. The lowest BCUT2D eigenvalue weighted by Gasteiger charge is -2.37. The van der Waals surface area contributed by atoms with E-state index in [1.165, 1.54) is 12.1 Å². The number of fused-ring (bicyclic) bond motifs is 1. The third-order valence-corrected chi connectivity index (χ3v) is 6.71. The summed E-state index contributed by atoms with van der Waals surface area (Å²) in [5, 5.41) is 1.07. The van der Waals surface area contributed by atoms with Crippen molar-refractivity contribution in [1.82, 2.24) is 14.9 Å². The molecule has 3 fully saturated rings. The molecule has 0 spiro atoms. The lowest BCUT2D eigenvalue weighted by Crippen LogP contribution is -2.46. The van der Waals surface area contributed by atoms with Crippen molar-refractivity contribution in [3.05, 3.63) is 24.5 Å². The van der Waals surface area contributed by atoms with Crippen LogP contribution in [-0.2, 0) is 9.53 Å². The van der Waals surface area contributed by atoms with Crippen molar-refractivity contribution < 1.29 is 9.53 Å². The van der Waals surface area contributed by atoms with E-state index in [1.54, 1.807) is 6.33 Å². The third-order valence-electron chi connectivity index (χ3n) is 6.71. The van der Waals surface area contributed by atoms with Crippen LogP contribution < -0.4 is 9.80 Å². The molecule has 1 aromatic heterocycles. The van der Waals surface area contributed by atoms with Crippen LogP contribution in [0.4, 0.5) is 11.5 Å². The number of ether oxygens (including phenoxy) is 1. The minimum atomic E-state index is 0.0782. The van der Waals surface area contributed by atoms with Gasteiger partial charge in [-0.3, -0.25) is 4.79 Å². The molecule has 4 heterocycles. The Balaban J connectivity index is 1.36. The van der Waals surface area contributed by atoms with E-state index in [0.717, 1.165) is 94.9 Å². The van der Waals surface area contributed by atoms with E-state index >= 15 is 0 Å². The van der Waals surface area contributed by atoms with Gasteiger partial charge in [0.2, 0.25) is 5.91 Å². The first-order chi connectivity index (χ1) is 14.8. The molecule has 1 unspecified atom stereocenters. The van der Waals surface area contributed by atoms with E-state index in [9.17, 15) is 4.79 Å². The van der Waals surface area contributed by atoms with Crippen molar-refractivity contribution in [2.45, 2.75) is 32.1 Å². The van der Waals surface area contributed by atoms with Crippen LogP contribution in [-0.4, -0.2) is 73.3 Å². The summed E-state index contributed by atoms with van der Waals surface area (Å²) in [6.07, 6.45) is 7.21. The second kappa shape index (κ2) is 8.76. The highest BCUT2D eigenvalue weighted by atomic mass is 16.5. The Bertz CT molecular complexity index is 892. The van der Waals surface area contributed by atoms with Gasteiger partial charge in [0, 0.05) is 50.3 Å². The van der Waals surface area contributed by atoms with Crippen molar-refractivity contribution in [1.29, 1.82) is 0 Å². The van der Waals surface area contributed by atoms with Crippen LogP contribution in [0.15, 0.2) is 24.5 Å². The number of likely N-dealkylation sites (tertiary alicyclic amines) is 1. The molecule has 3 aliphatic rings. The summed E-state index contributed by atoms with van der Waals surface area (Å²) in [7, 11) is 0. The van der Waals surface area contributed by atoms with Gasteiger partial charge in [0.05, 0.1) is 24.6 Å². The predicted molar refractivity (Wildman–Crippen MR) is 118 cm³/mol. The van der Waals surface area contributed by atoms with Crippen LogP contribution in [0.5, 0.6) is 0 Å². The average molecular weight is 410 g/mol. The maximum Gasteiger partial charge on any atom is 0.227 e. The van der Waals surface area contributed by atoms with Crippen molar-refractivity contribution in [2.24, 2.45) is 5.92 Å². The zero-order chi connectivity index (χ0) is 20.3. The van der Waals surface area contributed by atoms with Crippen LogP contribution in [0, 0.1) is 5.92 Å². The van der Waals surface area contributed by atoms with E-state index in [0.29, 0.717) is 5.91 Å². The molecule has 0 N–H and O–H groups in total. The highest BCUT2D eigenvalue weighted by Crippen LogP contribution is 2.31. The first kappa shape index (κ1) is 19.5. The zero-order valence-electron chi connectivity index (χ0n) is 17.6. The molecule has 160 valence electrons. The lowest BCUT2D eigenvalue weighted by molar-refractivity contribution is -0.136. The molecule has 1 aromatic carbocycles. The molecule has 7 heteroatoms. The summed E-state index contributed by atoms with van der Waals surface area (Å²) in [4.78, 5) is 29.0. The summed E-state index contributed by atoms with van der Waals surface area (Å²) in [5.74, 6) is 1.38. The van der Waals surface area contributed by atoms with Crippen molar-refractivity contribution in [3.8, 4) is 0 Å². The number of nitrogens with zero attached hydrogens (tertiary/aromatic N) is 5. The maximum atomic E-state index is 13.1. The number of benzene rings is 1. The fourth-order valence-electron chi connectivity index (χ4n) is 5.05. The molecule has 2 aromatic rings. The van der Waals surface area contributed by atoms with Crippen LogP contribution in [0.1, 0.15) is 32.1 Å². The monoisotopic (exact) mass is 409 g/mol. The zero-order valence-corrected chi connectivity index (χ0v) is 17.6. The molecule has 30 heavy (non-hydrogen) atoms. The van der Waals surface area contributed by atoms with E-state index in [-0.39, 0.29) is 5.92 Å². The Morgan fingerprint density at radius 2 is 1.77 bits per heavy atom. The van der Waals surface area contributed by atoms with Gasteiger partial charge in [-0.05, 0) is 50.3 Å². The largest absolute Gasteiger partial charge is 0.378 e. The molecule has 7 nitrogen and oxygen atoms in total. The fourth-order valence-corrected chi connectivity index (χ4v) is 5.05. The summed E-state index contributed by atoms with van der Waals surface area (Å²) < 4.78 is 5.48. The van der Waals surface area contributed by atoms with Gasteiger partial charge in [-0.2, -0.15) is 0 Å². The molecule has 0 radical (unpaired) electrons. The van der Waals surface area contributed by atoms with E-state index in [4.69, 9.17) is 4.74 Å². The van der Waals surface area contributed by atoms with Crippen molar-refractivity contribution >= 4 is 28.3 Å². The van der Waals surface area contributed by atoms with Gasteiger partial charge in [-0.25, -0.2) is 9.97 Å². The molecular formula is C23H31N5O2. The van der Waals surface area contributed by atoms with Crippen LogP contribution in [0.2, 0.25) is 0 Å². The smallest absolute Gasteiger partial charge is 0.227 e. The Hall–Kier alpha value is -2.41. The Morgan fingerprint density at radius 1 is 0.933 bits per heavy atom. The minimum Gasteiger partial charge on any atom is -0.378 e. The number of rotatable bonds is 3. The lowest BCUT2D eigenvalue weighted by atomic mass is 9.95. The first-order valence-corrected chi connectivity index (χ1v) is 11.4. The number of hydrogen-bond donors (Lipinski definition) is 0. The van der Waals surface area contributed by atoms with Gasteiger partial charge >= 0.3 is 0 Å². The Morgan fingerprint density at radius 3 is 2.60 bits per heavy atom. The predicted octanol–water partition coefficient (Wildman–Crippen LogP) is 2.70. The highest BCUT2D eigenvalue weighted by Gasteiger charge is 2.31. The fraction of sp³-hybridized carbons (Fsp3) is 0.609. The molecule has 0 bridgehead atoms. The molecule has 1 amide bonds. The van der Waals surface area contributed by atoms with E-state index in [1.807, 2.05) is 0 Å². The number of hydrogen-bond acceptors (Lipinski definition) is 6. The molecule has 1 atom stereocenters. The van der Waals surface area contributed by atoms with Gasteiger partial charge < -0.3 is 19.4 Å². The van der Waals surface area contributed by atoms with Gasteiger partial charge in [0.25, 0.3) is 0 Å². The Kier molecular flexibility index (Phi) is 5.71. The number of aromatic nitrogens is 2. The molecule has 3 aliphatic heterocycles. The standard InChI is InChI=1S/C23H31N5O2/c29-23(27-8-2-1-3-9-27)18-5-4-10-28(16-18)22-20-7-6-19(15-21(20)24-17-25-22)26-11-13-30-14-12-26/h6-7,15,17-18H,1-5,8-14,16H2. The number of carbonyl (C=O) groups excluding carboxylic acids is 1. The summed E-state index contributed by atoms with van der Waals surface area (Å²) in [5.41, 5.74) is 2.15. The quantitative estimate of drug-likeness (QED) is 0.777. The van der Waals surface area contributed by atoms with Gasteiger partial charge in [0.15, 0.2) is 0 Å². The van der Waals surface area contributed by atoms with Crippen LogP contribution >= 0.6 is 0 Å². The molecule has 3 saturated heterocycles. The van der Waals surface area contributed by atoms with Gasteiger partial charge in [-0.1, -0.05) is 0 Å².